The number of benzene rings is 1. The molecule has 0 spiro atoms. The summed E-state index contributed by atoms with van der Waals surface area (Å²) in [6.45, 7) is 10.4. The molecule has 3 aromatic rings. The molecule has 2 fully saturated rings. The first kappa shape index (κ1) is 34.4. The van der Waals surface area contributed by atoms with Crippen LogP contribution in [0.25, 0.3) is 32.0 Å². The maximum absolute atomic E-state index is 12.8. The van der Waals surface area contributed by atoms with E-state index in [1.165, 1.54) is 16.5 Å². The summed E-state index contributed by atoms with van der Waals surface area (Å²) in [6.07, 6.45) is 3.50. The summed E-state index contributed by atoms with van der Waals surface area (Å²) in [5, 5.41) is 3.38. The van der Waals surface area contributed by atoms with Gasteiger partial charge in [0, 0.05) is 80.6 Å². The fourth-order valence-corrected chi connectivity index (χ4v) is 6.65. The summed E-state index contributed by atoms with van der Waals surface area (Å²) < 4.78 is 17.3. The number of hydrogen-bond acceptors (Lipinski definition) is 11. The highest BCUT2D eigenvalue weighted by molar-refractivity contribution is 7.19. The minimum atomic E-state index is -0.0962. The third-order valence-electron chi connectivity index (χ3n) is 7.97. The van der Waals surface area contributed by atoms with E-state index in [9.17, 15) is 9.59 Å². The van der Waals surface area contributed by atoms with Gasteiger partial charge < -0.3 is 24.0 Å². The zero-order valence-corrected chi connectivity index (χ0v) is 27.7. The van der Waals surface area contributed by atoms with Crippen LogP contribution in [0.4, 0.5) is 5.82 Å². The van der Waals surface area contributed by atoms with Crippen LogP contribution in [0, 0.1) is 6.92 Å². The second kappa shape index (κ2) is 17.9. The number of aryl methyl sites for hydroxylation is 1. The summed E-state index contributed by atoms with van der Waals surface area (Å²) in [5.41, 5.74) is 11.4. The number of carbonyl (C=O) groups excluding carboxylic acids is 2. The maximum Gasteiger partial charge on any atom is 0.223 e. The van der Waals surface area contributed by atoms with Crippen molar-refractivity contribution in [3.8, 4) is 11.4 Å². The zero-order chi connectivity index (χ0) is 32.8. The molecule has 47 heavy (non-hydrogen) atoms. The first-order valence-electron chi connectivity index (χ1n) is 16.1. The summed E-state index contributed by atoms with van der Waals surface area (Å²) >= 11 is 1.75. The number of amides is 1. The lowest BCUT2D eigenvalue weighted by Gasteiger charge is -2.34. The Kier molecular flexibility index (Phi) is 13.1. The lowest BCUT2D eigenvalue weighted by molar-refractivity contribution is -0.134. The van der Waals surface area contributed by atoms with E-state index in [0.717, 1.165) is 60.1 Å². The number of fused-ring (bicyclic) bond motifs is 1. The topological polar surface area (TPSA) is 146 Å². The SMILES string of the molecule is Cc1cccc(-c2nc(N3CCOCC3)c3sc(CN4CCN(C(=O)CCC(=O)/C=C/COCCOCCN=[N+]=[N-])CC4)cc3n2)c1. The Bertz CT molecular complexity index is 1580. The number of hydrogen-bond donors (Lipinski definition) is 0. The van der Waals surface area contributed by atoms with Crippen LogP contribution in [-0.4, -0.2) is 117 Å². The van der Waals surface area contributed by atoms with Crippen LogP contribution in [0.1, 0.15) is 23.3 Å². The molecule has 250 valence electrons. The van der Waals surface area contributed by atoms with Crippen molar-refractivity contribution < 1.29 is 23.8 Å². The summed E-state index contributed by atoms with van der Waals surface area (Å²) in [6, 6.07) is 10.5. The van der Waals surface area contributed by atoms with Crippen LogP contribution < -0.4 is 4.90 Å². The third-order valence-corrected chi connectivity index (χ3v) is 9.08. The molecule has 0 atom stereocenters. The van der Waals surface area contributed by atoms with E-state index < -0.39 is 0 Å². The predicted molar refractivity (Wildman–Crippen MR) is 182 cm³/mol. The van der Waals surface area contributed by atoms with Crippen molar-refractivity contribution in [3.63, 3.8) is 0 Å². The number of rotatable bonds is 16. The molecular weight excluding hydrogens is 620 g/mol. The second-order valence-corrected chi connectivity index (χ2v) is 12.6. The minimum absolute atomic E-state index is 0.0106. The molecule has 1 aromatic carbocycles. The molecule has 14 heteroatoms. The molecule has 0 saturated carbocycles. The molecule has 2 aliphatic heterocycles. The highest BCUT2D eigenvalue weighted by Gasteiger charge is 2.24. The average Bonchev–Trinajstić information content (AvgIpc) is 3.50. The minimum Gasteiger partial charge on any atom is -0.379 e. The van der Waals surface area contributed by atoms with Crippen molar-refractivity contribution in [1.82, 2.24) is 19.8 Å². The fraction of sp³-hybridized carbons (Fsp3) is 0.515. The predicted octanol–water partition coefficient (Wildman–Crippen LogP) is 4.40. The molecular formula is C33H42N8O5S. The molecule has 0 N–H and O–H groups in total. The van der Waals surface area contributed by atoms with Crippen LogP contribution >= 0.6 is 11.3 Å². The van der Waals surface area contributed by atoms with Gasteiger partial charge in [-0.05, 0) is 30.7 Å². The van der Waals surface area contributed by atoms with Crippen molar-refractivity contribution in [3.05, 3.63) is 63.4 Å². The Labute approximate surface area is 278 Å². The van der Waals surface area contributed by atoms with Gasteiger partial charge in [0.1, 0.15) is 0 Å². The molecule has 2 aromatic heterocycles. The number of anilines is 1. The quantitative estimate of drug-likeness (QED) is 0.0716. The molecule has 0 bridgehead atoms. The number of ketones is 1. The van der Waals surface area contributed by atoms with Crippen molar-refractivity contribution in [2.45, 2.75) is 26.3 Å². The zero-order valence-electron chi connectivity index (χ0n) is 26.9. The molecule has 2 aliphatic rings. The van der Waals surface area contributed by atoms with Crippen molar-refractivity contribution >= 4 is 39.1 Å². The molecule has 5 rings (SSSR count). The van der Waals surface area contributed by atoms with Gasteiger partial charge in [0.25, 0.3) is 0 Å². The molecule has 0 unspecified atom stereocenters. The average molecular weight is 663 g/mol. The number of carbonyl (C=O) groups is 2. The number of allylic oxidation sites excluding steroid dienone is 1. The Hall–Kier alpha value is -3.91. The van der Waals surface area contributed by atoms with Crippen LogP contribution in [0.15, 0.2) is 47.6 Å². The van der Waals surface area contributed by atoms with Crippen LogP contribution in [-0.2, 0) is 30.3 Å². The number of ether oxygens (including phenoxy) is 3. The molecule has 1 amide bonds. The number of azide groups is 1. The van der Waals surface area contributed by atoms with E-state index in [4.69, 9.17) is 29.7 Å². The Morgan fingerprint density at radius 1 is 1.04 bits per heavy atom. The van der Waals surface area contributed by atoms with Crippen LogP contribution in [0.2, 0.25) is 0 Å². The van der Waals surface area contributed by atoms with Crippen LogP contribution in [0.3, 0.4) is 0 Å². The highest BCUT2D eigenvalue weighted by atomic mass is 32.1. The van der Waals surface area contributed by atoms with Crippen molar-refractivity contribution in [1.29, 1.82) is 0 Å². The summed E-state index contributed by atoms with van der Waals surface area (Å²) in [4.78, 5) is 45.5. The number of piperazine rings is 1. The lowest BCUT2D eigenvalue weighted by atomic mass is 10.1. The van der Waals surface area contributed by atoms with E-state index in [1.54, 1.807) is 17.4 Å². The van der Waals surface area contributed by atoms with E-state index in [1.807, 2.05) is 11.0 Å². The highest BCUT2D eigenvalue weighted by Crippen LogP contribution is 2.35. The van der Waals surface area contributed by atoms with E-state index in [2.05, 4.69) is 51.0 Å². The Morgan fingerprint density at radius 2 is 1.85 bits per heavy atom. The van der Waals surface area contributed by atoms with Gasteiger partial charge in [-0.1, -0.05) is 35.0 Å². The number of aromatic nitrogens is 2. The van der Waals surface area contributed by atoms with Gasteiger partial charge in [0.05, 0.1) is 49.9 Å². The largest absolute Gasteiger partial charge is 0.379 e. The number of nitrogens with zero attached hydrogens (tertiary/aromatic N) is 8. The fourth-order valence-electron chi connectivity index (χ4n) is 5.49. The van der Waals surface area contributed by atoms with Gasteiger partial charge in [-0.2, -0.15) is 0 Å². The number of thiophene rings is 1. The first-order chi connectivity index (χ1) is 23.0. The normalized spacial score (nSPS) is 15.8. The standard InChI is InChI=1S/C33H42N8O5S/c1-25-4-2-5-26(22-25)32-36-29-23-28(47-31(29)33(37-32)41-14-18-46-19-15-41)24-39-10-12-40(13-11-39)30(43)8-7-27(42)6-3-16-44-20-21-45-17-9-35-38-34/h2-6,22-23H,7-21,24H2,1H3/b6-3+. The van der Waals surface area contributed by atoms with Gasteiger partial charge in [-0.3, -0.25) is 14.5 Å². The van der Waals surface area contributed by atoms with Gasteiger partial charge in [-0.25, -0.2) is 9.97 Å². The van der Waals surface area contributed by atoms with Gasteiger partial charge >= 0.3 is 0 Å². The monoisotopic (exact) mass is 662 g/mol. The van der Waals surface area contributed by atoms with E-state index in [-0.39, 0.29) is 37.7 Å². The molecule has 0 radical (unpaired) electrons. The lowest BCUT2D eigenvalue weighted by Crippen LogP contribution is -2.48. The third kappa shape index (κ3) is 10.3. The smallest absolute Gasteiger partial charge is 0.223 e. The van der Waals surface area contributed by atoms with E-state index >= 15 is 0 Å². The second-order valence-electron chi connectivity index (χ2n) is 11.4. The summed E-state index contributed by atoms with van der Waals surface area (Å²) in [5.74, 6) is 1.63. The van der Waals surface area contributed by atoms with Gasteiger partial charge in [-0.15, -0.1) is 11.3 Å². The molecule has 0 aliphatic carbocycles. The van der Waals surface area contributed by atoms with Crippen LogP contribution in [0.5, 0.6) is 0 Å². The summed E-state index contributed by atoms with van der Waals surface area (Å²) in [7, 11) is 0. The Balaban J connectivity index is 1.08. The molecule has 4 heterocycles. The Morgan fingerprint density at radius 3 is 2.64 bits per heavy atom. The molecule has 2 saturated heterocycles. The number of morpholine rings is 1. The molecule has 13 nitrogen and oxygen atoms in total. The maximum atomic E-state index is 12.8. The van der Waals surface area contributed by atoms with E-state index in [0.29, 0.717) is 46.1 Å². The van der Waals surface area contributed by atoms with Gasteiger partial charge in [0.15, 0.2) is 17.4 Å². The van der Waals surface area contributed by atoms with Crippen molar-refractivity contribution in [2.24, 2.45) is 5.11 Å². The van der Waals surface area contributed by atoms with Crippen molar-refractivity contribution in [2.75, 3.05) is 90.4 Å². The van der Waals surface area contributed by atoms with Gasteiger partial charge in [0.2, 0.25) is 5.91 Å². The first-order valence-corrected chi connectivity index (χ1v) is 16.9.